The molecule has 1 aliphatic heterocycles. The SMILES string of the molecule is CCOc1cccc([C@H]2CC(c3cccs3)=NN2S(C)(=O)=O)c1. The zero-order valence-electron chi connectivity index (χ0n) is 13.0. The van der Waals surface area contributed by atoms with Crippen LogP contribution >= 0.6 is 11.3 Å². The lowest BCUT2D eigenvalue weighted by atomic mass is 10.0. The Kier molecular flexibility index (Phi) is 4.41. The molecule has 0 N–H and O–H groups in total. The highest BCUT2D eigenvalue weighted by Gasteiger charge is 2.34. The van der Waals surface area contributed by atoms with E-state index >= 15 is 0 Å². The van der Waals surface area contributed by atoms with Crippen LogP contribution in [0.4, 0.5) is 0 Å². The Morgan fingerprint density at radius 3 is 2.83 bits per heavy atom. The average molecular weight is 350 g/mol. The van der Waals surface area contributed by atoms with Gasteiger partial charge in [-0.2, -0.15) is 9.52 Å². The zero-order chi connectivity index (χ0) is 16.4. The van der Waals surface area contributed by atoms with E-state index in [4.69, 9.17) is 4.74 Å². The molecule has 0 unspecified atom stereocenters. The first-order valence-corrected chi connectivity index (χ1v) is 10.1. The zero-order valence-corrected chi connectivity index (χ0v) is 14.6. The van der Waals surface area contributed by atoms with Crippen LogP contribution < -0.4 is 4.74 Å². The molecule has 23 heavy (non-hydrogen) atoms. The van der Waals surface area contributed by atoms with Crippen LogP contribution in [0.3, 0.4) is 0 Å². The van der Waals surface area contributed by atoms with Gasteiger partial charge in [0.05, 0.1) is 29.5 Å². The van der Waals surface area contributed by atoms with E-state index in [2.05, 4.69) is 5.10 Å². The van der Waals surface area contributed by atoms with Crippen LogP contribution in [0.25, 0.3) is 0 Å². The van der Waals surface area contributed by atoms with E-state index in [1.165, 1.54) is 10.7 Å². The highest BCUT2D eigenvalue weighted by Crippen LogP contribution is 2.36. The summed E-state index contributed by atoms with van der Waals surface area (Å²) in [6, 6.07) is 11.1. The third-order valence-corrected chi connectivity index (χ3v) is 5.51. The number of benzene rings is 1. The highest BCUT2D eigenvalue weighted by molar-refractivity contribution is 7.88. The topological polar surface area (TPSA) is 59.0 Å². The van der Waals surface area contributed by atoms with Crippen molar-refractivity contribution in [2.75, 3.05) is 12.9 Å². The minimum absolute atomic E-state index is 0.331. The van der Waals surface area contributed by atoms with Crippen molar-refractivity contribution >= 4 is 27.1 Å². The maximum absolute atomic E-state index is 12.1. The molecule has 1 aliphatic rings. The van der Waals surface area contributed by atoms with Gasteiger partial charge in [-0.25, -0.2) is 8.42 Å². The number of thiophene rings is 1. The van der Waals surface area contributed by atoms with Crippen molar-refractivity contribution < 1.29 is 13.2 Å². The van der Waals surface area contributed by atoms with Crippen LogP contribution in [0, 0.1) is 0 Å². The first-order valence-electron chi connectivity index (χ1n) is 7.32. The molecule has 1 aromatic carbocycles. The van der Waals surface area contributed by atoms with Crippen LogP contribution in [-0.2, 0) is 10.0 Å². The van der Waals surface area contributed by atoms with Gasteiger partial charge in [0.25, 0.3) is 0 Å². The number of rotatable bonds is 5. The molecule has 7 heteroatoms. The fraction of sp³-hybridized carbons (Fsp3) is 0.312. The van der Waals surface area contributed by atoms with E-state index in [9.17, 15) is 8.42 Å². The minimum Gasteiger partial charge on any atom is -0.494 e. The minimum atomic E-state index is -3.44. The number of ether oxygens (including phenoxy) is 1. The number of sulfonamides is 1. The fourth-order valence-electron chi connectivity index (χ4n) is 2.61. The van der Waals surface area contributed by atoms with Gasteiger partial charge in [-0.1, -0.05) is 18.2 Å². The molecule has 1 atom stereocenters. The van der Waals surface area contributed by atoms with Crippen LogP contribution in [0.1, 0.15) is 29.8 Å². The molecule has 0 bridgehead atoms. The predicted molar refractivity (Wildman–Crippen MR) is 92.5 cm³/mol. The van der Waals surface area contributed by atoms with E-state index in [0.717, 1.165) is 21.9 Å². The lowest BCUT2D eigenvalue weighted by molar-refractivity contribution is 0.336. The van der Waals surface area contributed by atoms with Crippen molar-refractivity contribution in [3.8, 4) is 5.75 Å². The van der Waals surface area contributed by atoms with E-state index in [1.54, 1.807) is 11.3 Å². The molecular formula is C16H18N2O3S2. The van der Waals surface area contributed by atoms with Crippen molar-refractivity contribution in [1.82, 2.24) is 4.41 Å². The molecule has 0 radical (unpaired) electrons. The van der Waals surface area contributed by atoms with Gasteiger partial charge in [-0.15, -0.1) is 11.3 Å². The number of hydrazone groups is 1. The van der Waals surface area contributed by atoms with E-state index in [0.29, 0.717) is 13.0 Å². The summed E-state index contributed by atoms with van der Waals surface area (Å²) in [5, 5.41) is 6.33. The van der Waals surface area contributed by atoms with E-state index in [1.807, 2.05) is 48.7 Å². The summed E-state index contributed by atoms with van der Waals surface area (Å²) in [5.41, 5.74) is 1.69. The van der Waals surface area contributed by atoms with Crippen molar-refractivity contribution in [2.45, 2.75) is 19.4 Å². The van der Waals surface area contributed by atoms with Gasteiger partial charge in [-0.3, -0.25) is 0 Å². The molecule has 2 heterocycles. The molecule has 0 spiro atoms. The summed E-state index contributed by atoms with van der Waals surface area (Å²) in [7, 11) is -3.44. The largest absolute Gasteiger partial charge is 0.494 e. The standard InChI is InChI=1S/C16H18N2O3S2/c1-3-21-13-7-4-6-12(10-13)15-11-14(16-8-5-9-22-16)17-18(15)23(2,19)20/h4-10,15H,3,11H2,1-2H3/t15-/m1/s1. The molecule has 1 aromatic heterocycles. The molecule has 0 fully saturated rings. The van der Waals surface area contributed by atoms with Gasteiger partial charge in [-0.05, 0) is 36.1 Å². The summed E-state index contributed by atoms with van der Waals surface area (Å²) in [4.78, 5) is 1.00. The van der Waals surface area contributed by atoms with Crippen molar-refractivity contribution in [3.63, 3.8) is 0 Å². The number of hydrogen-bond acceptors (Lipinski definition) is 5. The van der Waals surface area contributed by atoms with E-state index < -0.39 is 10.0 Å². The number of nitrogens with zero attached hydrogens (tertiary/aromatic N) is 2. The van der Waals surface area contributed by atoms with Crippen molar-refractivity contribution in [1.29, 1.82) is 0 Å². The van der Waals surface area contributed by atoms with Gasteiger partial charge >= 0.3 is 0 Å². The Balaban J connectivity index is 1.97. The lowest BCUT2D eigenvalue weighted by Crippen LogP contribution is -2.25. The second-order valence-corrected chi connectivity index (χ2v) is 8.07. The normalized spacial score (nSPS) is 18.1. The molecule has 2 aromatic rings. The van der Waals surface area contributed by atoms with E-state index in [-0.39, 0.29) is 6.04 Å². The van der Waals surface area contributed by atoms with Gasteiger partial charge in [0, 0.05) is 6.42 Å². The molecule has 0 saturated carbocycles. The first kappa shape index (κ1) is 16.0. The van der Waals surface area contributed by atoms with Gasteiger partial charge in [0.1, 0.15) is 5.75 Å². The third-order valence-electron chi connectivity index (χ3n) is 3.57. The Labute approximate surface area is 140 Å². The quantitative estimate of drug-likeness (QED) is 0.832. The lowest BCUT2D eigenvalue weighted by Gasteiger charge is -2.21. The molecule has 5 nitrogen and oxygen atoms in total. The smallest absolute Gasteiger partial charge is 0.247 e. The van der Waals surface area contributed by atoms with Crippen LogP contribution in [0.5, 0.6) is 5.75 Å². The second kappa shape index (κ2) is 6.33. The Morgan fingerprint density at radius 1 is 1.35 bits per heavy atom. The molecule has 0 saturated heterocycles. The first-order chi connectivity index (χ1) is 11.0. The van der Waals surface area contributed by atoms with Crippen LogP contribution in [-0.4, -0.2) is 31.4 Å². The molecule has 0 amide bonds. The van der Waals surface area contributed by atoms with Crippen molar-refractivity contribution in [2.24, 2.45) is 5.10 Å². The van der Waals surface area contributed by atoms with Gasteiger partial charge < -0.3 is 4.74 Å². The number of hydrogen-bond donors (Lipinski definition) is 0. The Hall–Kier alpha value is -1.86. The monoisotopic (exact) mass is 350 g/mol. The summed E-state index contributed by atoms with van der Waals surface area (Å²) in [6.07, 6.45) is 1.75. The van der Waals surface area contributed by atoms with Gasteiger partial charge in [0.2, 0.25) is 10.0 Å². The average Bonchev–Trinajstić information content (AvgIpc) is 3.16. The van der Waals surface area contributed by atoms with Crippen LogP contribution in [0.15, 0.2) is 46.9 Å². The molecule has 122 valence electrons. The molecule has 0 aliphatic carbocycles. The molecular weight excluding hydrogens is 332 g/mol. The summed E-state index contributed by atoms with van der Waals surface area (Å²) in [5.74, 6) is 0.739. The van der Waals surface area contributed by atoms with Crippen molar-refractivity contribution in [3.05, 3.63) is 52.2 Å². The highest BCUT2D eigenvalue weighted by atomic mass is 32.2. The Morgan fingerprint density at radius 2 is 2.17 bits per heavy atom. The Bertz CT molecular complexity index is 814. The fourth-order valence-corrected chi connectivity index (χ4v) is 4.24. The van der Waals surface area contributed by atoms with Gasteiger partial charge in [0.15, 0.2) is 0 Å². The predicted octanol–water partition coefficient (Wildman–Crippen LogP) is 3.26. The third kappa shape index (κ3) is 3.40. The second-order valence-electron chi connectivity index (χ2n) is 5.28. The summed E-state index contributed by atoms with van der Waals surface area (Å²) >= 11 is 1.56. The molecule has 3 rings (SSSR count). The maximum Gasteiger partial charge on any atom is 0.247 e. The summed E-state index contributed by atoms with van der Waals surface area (Å²) < 4.78 is 31.0. The maximum atomic E-state index is 12.1. The summed E-state index contributed by atoms with van der Waals surface area (Å²) in [6.45, 7) is 2.49. The van der Waals surface area contributed by atoms with Crippen LogP contribution in [0.2, 0.25) is 0 Å².